The number of ether oxygens (including phenoxy) is 1. The van der Waals surface area contributed by atoms with E-state index in [1.165, 1.54) is 12.1 Å². The van der Waals surface area contributed by atoms with Crippen molar-refractivity contribution >= 4 is 18.0 Å². The molecule has 0 radical (unpaired) electrons. The van der Waals surface area contributed by atoms with Gasteiger partial charge >= 0.3 is 12.1 Å². The first-order chi connectivity index (χ1) is 13.1. The van der Waals surface area contributed by atoms with Crippen LogP contribution in [0.5, 0.6) is 0 Å². The van der Waals surface area contributed by atoms with Crippen LogP contribution in [0.15, 0.2) is 24.3 Å². The van der Waals surface area contributed by atoms with E-state index in [0.717, 1.165) is 12.1 Å². The molecule has 1 aliphatic carbocycles. The number of ketones is 1. The minimum absolute atomic E-state index is 0.0717. The molecule has 1 aromatic carbocycles. The van der Waals surface area contributed by atoms with Gasteiger partial charge in [-0.25, -0.2) is 0 Å². The number of alkyl halides is 3. The Kier molecular flexibility index (Phi) is 7.01. The number of halogens is 3. The first kappa shape index (κ1) is 22.1. The number of Topliss-reactive ketones (excluding diaryl/α,β-unsaturated/α-hetero) is 1. The molecular weight excluding hydrogens is 373 g/mol. The maximum Gasteiger partial charge on any atom is 0.416 e. The van der Waals surface area contributed by atoms with Crippen molar-refractivity contribution in [3.63, 3.8) is 0 Å². The summed E-state index contributed by atoms with van der Waals surface area (Å²) in [6.07, 6.45) is -2.04. The third-order valence-electron chi connectivity index (χ3n) is 5.66. The van der Waals surface area contributed by atoms with Crippen LogP contribution in [0.1, 0.15) is 50.7 Å². The molecule has 1 fully saturated rings. The average Bonchev–Trinajstić information content (AvgIpc) is 2.66. The fraction of sp³-hybridized carbons (Fsp3) is 0.571. The molecule has 2 rings (SSSR count). The van der Waals surface area contributed by atoms with Crippen LogP contribution in [0.4, 0.5) is 13.2 Å². The molecule has 1 saturated carbocycles. The maximum absolute atomic E-state index is 12.9. The van der Waals surface area contributed by atoms with Crippen LogP contribution in [0, 0.1) is 17.3 Å². The van der Waals surface area contributed by atoms with Crippen LogP contribution in [0.25, 0.3) is 0 Å². The van der Waals surface area contributed by atoms with Gasteiger partial charge in [-0.1, -0.05) is 18.2 Å². The summed E-state index contributed by atoms with van der Waals surface area (Å²) in [4.78, 5) is 35.5. The molecule has 1 unspecified atom stereocenters. The highest BCUT2D eigenvalue weighted by atomic mass is 19.4. The van der Waals surface area contributed by atoms with Gasteiger partial charge in [0.15, 0.2) is 12.1 Å². The molecule has 1 aliphatic rings. The Bertz CT molecular complexity index is 719. The summed E-state index contributed by atoms with van der Waals surface area (Å²) in [6, 6.07) is 4.84. The van der Waals surface area contributed by atoms with Gasteiger partial charge in [0.05, 0.1) is 17.6 Å². The summed E-state index contributed by atoms with van der Waals surface area (Å²) in [6.45, 7) is 3.85. The normalized spacial score (nSPS) is 23.7. The van der Waals surface area contributed by atoms with E-state index in [9.17, 15) is 27.6 Å². The van der Waals surface area contributed by atoms with Crippen LogP contribution >= 0.6 is 0 Å². The van der Waals surface area contributed by atoms with Crippen LogP contribution < -0.4 is 0 Å². The molecule has 0 saturated heterocycles. The van der Waals surface area contributed by atoms with Gasteiger partial charge < -0.3 is 4.74 Å². The van der Waals surface area contributed by atoms with Crippen molar-refractivity contribution < 1.29 is 32.3 Å². The zero-order valence-electron chi connectivity index (χ0n) is 16.1. The van der Waals surface area contributed by atoms with Gasteiger partial charge in [-0.05, 0) is 63.5 Å². The number of carbonyl (C=O) groups is 3. The topological polar surface area (TPSA) is 60.4 Å². The smallest absolute Gasteiger partial charge is 0.416 e. The molecule has 0 spiro atoms. The Labute approximate surface area is 162 Å². The molecule has 0 bridgehead atoms. The zero-order chi connectivity index (χ0) is 20.9. The lowest BCUT2D eigenvalue weighted by Gasteiger charge is -2.37. The van der Waals surface area contributed by atoms with Gasteiger partial charge in [-0.3, -0.25) is 14.4 Å². The van der Waals surface area contributed by atoms with Crippen LogP contribution in [-0.4, -0.2) is 24.6 Å². The summed E-state index contributed by atoms with van der Waals surface area (Å²) in [5, 5.41) is 0. The minimum Gasteiger partial charge on any atom is -0.466 e. The average molecular weight is 398 g/mol. The van der Waals surface area contributed by atoms with E-state index in [2.05, 4.69) is 0 Å². The molecule has 0 amide bonds. The molecule has 0 heterocycles. The summed E-state index contributed by atoms with van der Waals surface area (Å²) >= 11 is 0. The fourth-order valence-corrected chi connectivity index (χ4v) is 3.90. The summed E-state index contributed by atoms with van der Waals surface area (Å²) in [5.74, 6) is -1.73. The van der Waals surface area contributed by atoms with E-state index in [4.69, 9.17) is 4.74 Å². The number of carbonyl (C=O) groups excluding carboxylic acids is 3. The van der Waals surface area contributed by atoms with E-state index >= 15 is 0 Å². The number of hydrogen-bond acceptors (Lipinski definition) is 4. The highest BCUT2D eigenvalue weighted by Gasteiger charge is 2.42. The molecule has 154 valence electrons. The van der Waals surface area contributed by atoms with Crippen LogP contribution in [-0.2, 0) is 31.7 Å². The Morgan fingerprint density at radius 2 is 1.93 bits per heavy atom. The van der Waals surface area contributed by atoms with E-state index in [0.29, 0.717) is 37.9 Å². The lowest BCUT2D eigenvalue weighted by atomic mass is 9.67. The van der Waals surface area contributed by atoms with Gasteiger partial charge in [-0.15, -0.1) is 0 Å². The molecule has 7 heteroatoms. The highest BCUT2D eigenvalue weighted by molar-refractivity contribution is 6.26. The third kappa shape index (κ3) is 5.20. The van der Waals surface area contributed by atoms with Crippen molar-refractivity contribution in [2.24, 2.45) is 17.3 Å². The number of aldehydes is 1. The van der Waals surface area contributed by atoms with Crippen molar-refractivity contribution in [3.05, 3.63) is 35.4 Å². The Morgan fingerprint density at radius 1 is 1.29 bits per heavy atom. The second-order valence-electron chi connectivity index (χ2n) is 7.65. The molecule has 1 aromatic rings. The molecule has 1 atom stereocenters. The van der Waals surface area contributed by atoms with Gasteiger partial charge in [0.1, 0.15) is 0 Å². The van der Waals surface area contributed by atoms with Gasteiger partial charge in [0, 0.05) is 5.92 Å². The molecule has 0 aromatic heterocycles. The first-order valence-corrected chi connectivity index (χ1v) is 9.43. The third-order valence-corrected chi connectivity index (χ3v) is 5.66. The molecular formula is C21H25F3O4. The van der Waals surface area contributed by atoms with E-state index in [1.807, 2.05) is 6.92 Å². The van der Waals surface area contributed by atoms with Crippen molar-refractivity contribution in [1.82, 2.24) is 0 Å². The van der Waals surface area contributed by atoms with Crippen molar-refractivity contribution in [2.45, 2.75) is 52.1 Å². The quantitative estimate of drug-likeness (QED) is 0.388. The Hall–Kier alpha value is -2.18. The summed E-state index contributed by atoms with van der Waals surface area (Å²) in [7, 11) is 0. The number of esters is 1. The lowest BCUT2D eigenvalue weighted by Crippen LogP contribution is -2.38. The van der Waals surface area contributed by atoms with Gasteiger partial charge in [-0.2, -0.15) is 13.2 Å². The second kappa shape index (κ2) is 8.88. The maximum atomic E-state index is 12.9. The Balaban J connectivity index is 2.15. The number of rotatable bonds is 7. The zero-order valence-corrected chi connectivity index (χ0v) is 16.1. The standard InChI is InChI=1S/C21H25F3O4/c1-3-28-19(27)20(2)9-7-15(8-10-20)17(18(26)13-25)12-14-5-4-6-16(11-14)21(22,23)24/h4-6,11,13,15,17H,3,7-10,12H2,1-2H3. The highest BCUT2D eigenvalue weighted by Crippen LogP contribution is 2.43. The van der Waals surface area contributed by atoms with Crippen molar-refractivity contribution in [3.8, 4) is 0 Å². The summed E-state index contributed by atoms with van der Waals surface area (Å²) < 4.78 is 43.9. The lowest BCUT2D eigenvalue weighted by molar-refractivity contribution is -0.157. The van der Waals surface area contributed by atoms with Crippen LogP contribution in [0.2, 0.25) is 0 Å². The van der Waals surface area contributed by atoms with Gasteiger partial charge in [0.2, 0.25) is 0 Å². The second-order valence-corrected chi connectivity index (χ2v) is 7.65. The monoisotopic (exact) mass is 398 g/mol. The first-order valence-electron chi connectivity index (χ1n) is 9.43. The predicted molar refractivity (Wildman–Crippen MR) is 96.4 cm³/mol. The molecule has 0 N–H and O–H groups in total. The Morgan fingerprint density at radius 3 is 2.46 bits per heavy atom. The largest absolute Gasteiger partial charge is 0.466 e. The van der Waals surface area contributed by atoms with E-state index < -0.39 is 28.9 Å². The predicted octanol–water partition coefficient (Wildman–Crippen LogP) is 4.39. The molecule has 0 aliphatic heterocycles. The van der Waals surface area contributed by atoms with Crippen molar-refractivity contribution in [2.75, 3.05) is 6.61 Å². The summed E-state index contributed by atoms with van der Waals surface area (Å²) in [5.41, 5.74) is -1.04. The van der Waals surface area contributed by atoms with E-state index in [-0.39, 0.29) is 24.6 Å². The minimum atomic E-state index is -4.47. The number of benzene rings is 1. The van der Waals surface area contributed by atoms with E-state index in [1.54, 1.807) is 6.92 Å². The van der Waals surface area contributed by atoms with Gasteiger partial charge in [0.25, 0.3) is 0 Å². The fourth-order valence-electron chi connectivity index (χ4n) is 3.90. The number of hydrogen-bond donors (Lipinski definition) is 0. The van der Waals surface area contributed by atoms with Crippen LogP contribution in [0.3, 0.4) is 0 Å². The van der Waals surface area contributed by atoms with Crippen molar-refractivity contribution in [1.29, 1.82) is 0 Å². The molecule has 4 nitrogen and oxygen atoms in total. The molecule has 28 heavy (non-hydrogen) atoms. The SMILES string of the molecule is CCOC(=O)C1(C)CCC(C(Cc2cccc(C(F)(F)F)c2)C(=O)C=O)CC1.